The zero-order chi connectivity index (χ0) is 20.9. The maximum absolute atomic E-state index is 5.98. The lowest BCUT2D eigenvalue weighted by Gasteiger charge is -2.23. The summed E-state index contributed by atoms with van der Waals surface area (Å²) < 4.78 is 22.5. The van der Waals surface area contributed by atoms with Crippen molar-refractivity contribution < 1.29 is 18.9 Å². The lowest BCUT2D eigenvalue weighted by Crippen LogP contribution is -2.33. The van der Waals surface area contributed by atoms with E-state index in [4.69, 9.17) is 18.9 Å². The molecule has 0 N–H and O–H groups in total. The van der Waals surface area contributed by atoms with Gasteiger partial charge in [-0.3, -0.25) is 4.98 Å². The zero-order valence-electron chi connectivity index (χ0n) is 17.6. The Morgan fingerprint density at radius 3 is 2.63 bits per heavy atom. The van der Waals surface area contributed by atoms with Gasteiger partial charge >= 0.3 is 0 Å². The van der Waals surface area contributed by atoms with Gasteiger partial charge in [-0.15, -0.1) is 0 Å². The third-order valence-corrected chi connectivity index (χ3v) is 5.06. The molecule has 0 aliphatic carbocycles. The minimum Gasteiger partial charge on any atom is -0.491 e. The number of benzene rings is 1. The first-order valence-electron chi connectivity index (χ1n) is 10.0. The molecular formula is C24H26N2O4. The quantitative estimate of drug-likeness (QED) is 0.610. The van der Waals surface area contributed by atoms with E-state index in [1.54, 1.807) is 13.2 Å². The van der Waals surface area contributed by atoms with Gasteiger partial charge in [0.25, 0.3) is 0 Å². The van der Waals surface area contributed by atoms with Gasteiger partial charge < -0.3 is 18.9 Å². The van der Waals surface area contributed by atoms with Crippen LogP contribution < -0.4 is 9.47 Å². The van der Waals surface area contributed by atoms with E-state index in [9.17, 15) is 0 Å². The highest BCUT2D eigenvalue weighted by Gasteiger charge is 2.16. The van der Waals surface area contributed by atoms with E-state index in [1.165, 1.54) is 0 Å². The van der Waals surface area contributed by atoms with Crippen LogP contribution in [0.25, 0.3) is 22.4 Å². The fourth-order valence-electron chi connectivity index (χ4n) is 3.35. The molecular weight excluding hydrogens is 380 g/mol. The normalized spacial score (nSPS) is 16.3. The predicted molar refractivity (Wildman–Crippen MR) is 115 cm³/mol. The maximum Gasteiger partial charge on any atom is 0.217 e. The molecule has 0 bridgehead atoms. The van der Waals surface area contributed by atoms with E-state index in [1.807, 2.05) is 25.3 Å². The lowest BCUT2D eigenvalue weighted by molar-refractivity contribution is -0.101. The summed E-state index contributed by atoms with van der Waals surface area (Å²) in [5, 5.41) is 0. The maximum atomic E-state index is 5.98. The molecule has 6 heteroatoms. The third-order valence-electron chi connectivity index (χ3n) is 5.06. The van der Waals surface area contributed by atoms with Gasteiger partial charge in [-0.1, -0.05) is 18.2 Å². The Hall–Kier alpha value is -2.96. The molecule has 156 valence electrons. The summed E-state index contributed by atoms with van der Waals surface area (Å²) in [7, 11) is 1.61. The van der Waals surface area contributed by atoms with Crippen molar-refractivity contribution in [2.45, 2.75) is 20.0 Å². The van der Waals surface area contributed by atoms with Crippen molar-refractivity contribution >= 4 is 0 Å². The van der Waals surface area contributed by atoms with E-state index in [0.29, 0.717) is 38.1 Å². The second kappa shape index (κ2) is 9.24. The molecule has 30 heavy (non-hydrogen) atoms. The number of hydrogen-bond donors (Lipinski definition) is 0. The van der Waals surface area contributed by atoms with Crippen LogP contribution in [0.5, 0.6) is 11.6 Å². The van der Waals surface area contributed by atoms with Gasteiger partial charge in [-0.2, -0.15) is 0 Å². The largest absolute Gasteiger partial charge is 0.491 e. The highest BCUT2D eigenvalue weighted by Crippen LogP contribution is 2.32. The monoisotopic (exact) mass is 406 g/mol. The van der Waals surface area contributed by atoms with Gasteiger partial charge in [0, 0.05) is 35.2 Å². The summed E-state index contributed by atoms with van der Waals surface area (Å²) in [6.45, 7) is 6.24. The second-order valence-corrected chi connectivity index (χ2v) is 7.33. The molecule has 1 aliphatic rings. The SMILES string of the molecule is COc1cc(OCC2COCCO2)cc(-c2cc(-c3ccc(C)nc3)ccc2C)n1. The third kappa shape index (κ3) is 4.78. The number of methoxy groups -OCH3 is 1. The number of ether oxygens (including phenoxy) is 4. The summed E-state index contributed by atoms with van der Waals surface area (Å²) >= 11 is 0. The number of aromatic nitrogens is 2. The highest BCUT2D eigenvalue weighted by molar-refractivity contribution is 5.74. The summed E-state index contributed by atoms with van der Waals surface area (Å²) in [5.41, 5.74) is 6.08. The smallest absolute Gasteiger partial charge is 0.217 e. The van der Waals surface area contributed by atoms with Crippen LogP contribution in [0.3, 0.4) is 0 Å². The molecule has 4 rings (SSSR count). The highest BCUT2D eigenvalue weighted by atomic mass is 16.6. The van der Waals surface area contributed by atoms with Gasteiger partial charge in [-0.25, -0.2) is 4.98 Å². The molecule has 1 unspecified atom stereocenters. The first-order chi connectivity index (χ1) is 14.6. The molecule has 0 spiro atoms. The molecule has 1 atom stereocenters. The summed E-state index contributed by atoms with van der Waals surface area (Å²) in [6.07, 6.45) is 1.82. The Balaban J connectivity index is 1.63. The lowest BCUT2D eigenvalue weighted by atomic mass is 9.98. The summed E-state index contributed by atoms with van der Waals surface area (Å²) in [5.74, 6) is 1.19. The first kappa shape index (κ1) is 20.3. The van der Waals surface area contributed by atoms with Crippen LogP contribution in [-0.2, 0) is 9.47 Å². The van der Waals surface area contributed by atoms with E-state index in [0.717, 1.165) is 33.6 Å². The molecule has 3 aromatic rings. The van der Waals surface area contributed by atoms with Crippen LogP contribution in [0.1, 0.15) is 11.3 Å². The van der Waals surface area contributed by atoms with Crippen molar-refractivity contribution in [1.82, 2.24) is 9.97 Å². The number of nitrogens with zero attached hydrogens (tertiary/aromatic N) is 2. The van der Waals surface area contributed by atoms with Gasteiger partial charge in [0.15, 0.2) is 0 Å². The number of aryl methyl sites for hydroxylation is 2. The average molecular weight is 406 g/mol. The van der Waals surface area contributed by atoms with Crippen LogP contribution >= 0.6 is 0 Å². The van der Waals surface area contributed by atoms with Crippen LogP contribution in [0, 0.1) is 13.8 Å². The van der Waals surface area contributed by atoms with Crippen molar-refractivity contribution in [3.05, 3.63) is 59.9 Å². The molecule has 1 saturated heterocycles. The topological polar surface area (TPSA) is 62.7 Å². The standard InChI is InChI=1S/C24H26N2O4/c1-16-4-6-18(19-7-5-17(2)25-13-19)10-22(16)23-11-20(12-24(26-23)27-3)30-15-21-14-28-8-9-29-21/h4-7,10-13,21H,8-9,14-15H2,1-3H3. The van der Waals surface area contributed by atoms with Crippen molar-refractivity contribution in [2.24, 2.45) is 0 Å². The minimum absolute atomic E-state index is 0.0690. The second-order valence-electron chi connectivity index (χ2n) is 7.33. The summed E-state index contributed by atoms with van der Waals surface area (Å²) in [4.78, 5) is 9.07. The average Bonchev–Trinajstić information content (AvgIpc) is 2.79. The molecule has 0 saturated carbocycles. The molecule has 1 fully saturated rings. The first-order valence-corrected chi connectivity index (χ1v) is 10.0. The fraction of sp³-hybridized carbons (Fsp3) is 0.333. The Labute approximate surface area is 176 Å². The molecule has 1 aromatic carbocycles. The molecule has 1 aliphatic heterocycles. The van der Waals surface area contributed by atoms with Crippen molar-refractivity contribution in [3.8, 4) is 34.0 Å². The number of rotatable bonds is 6. The number of hydrogen-bond acceptors (Lipinski definition) is 6. The van der Waals surface area contributed by atoms with Gasteiger partial charge in [-0.05, 0) is 37.1 Å². The van der Waals surface area contributed by atoms with Gasteiger partial charge in [0.05, 0.1) is 32.6 Å². The van der Waals surface area contributed by atoms with E-state index >= 15 is 0 Å². The molecule has 6 nitrogen and oxygen atoms in total. The zero-order valence-corrected chi connectivity index (χ0v) is 17.6. The minimum atomic E-state index is -0.0690. The fourth-order valence-corrected chi connectivity index (χ4v) is 3.35. The molecule has 2 aromatic heterocycles. The van der Waals surface area contributed by atoms with Crippen LogP contribution in [-0.4, -0.2) is 49.6 Å². The molecule has 0 radical (unpaired) electrons. The molecule has 0 amide bonds. The Kier molecular flexibility index (Phi) is 6.26. The predicted octanol–water partition coefficient (Wildman–Crippen LogP) is 4.23. The Bertz CT molecular complexity index is 999. The van der Waals surface area contributed by atoms with Crippen LogP contribution in [0.15, 0.2) is 48.7 Å². The molecule has 3 heterocycles. The van der Waals surface area contributed by atoms with Crippen molar-refractivity contribution in [3.63, 3.8) is 0 Å². The summed E-state index contributed by atoms with van der Waals surface area (Å²) in [6, 6.07) is 14.1. The Morgan fingerprint density at radius 2 is 1.90 bits per heavy atom. The van der Waals surface area contributed by atoms with Crippen molar-refractivity contribution in [1.29, 1.82) is 0 Å². The van der Waals surface area contributed by atoms with Gasteiger partial charge in [0.2, 0.25) is 5.88 Å². The van der Waals surface area contributed by atoms with Gasteiger partial charge in [0.1, 0.15) is 18.5 Å². The van der Waals surface area contributed by atoms with Crippen molar-refractivity contribution in [2.75, 3.05) is 33.5 Å². The van der Waals surface area contributed by atoms with E-state index < -0.39 is 0 Å². The van der Waals surface area contributed by atoms with E-state index in [-0.39, 0.29) is 6.10 Å². The Morgan fingerprint density at radius 1 is 1.03 bits per heavy atom. The van der Waals surface area contributed by atoms with Crippen LogP contribution in [0.4, 0.5) is 0 Å². The number of pyridine rings is 2. The van der Waals surface area contributed by atoms with Crippen LogP contribution in [0.2, 0.25) is 0 Å². The van der Waals surface area contributed by atoms with E-state index in [2.05, 4.69) is 41.2 Å².